The van der Waals surface area contributed by atoms with E-state index in [9.17, 15) is 9.59 Å². The molecule has 7 nitrogen and oxygen atoms in total. The number of nitrogens with zero attached hydrogens (tertiary/aromatic N) is 2. The standard InChI is InChI=1S/C16H17N3O4/c1-23-12-6-2-10(3-7-12)13-8-14(18-17-13)16(22)19(9-15(20)21)11-4-5-11/h2-3,6-8,11H,4-5,9H2,1H3,(H,17,18)(H,20,21). The molecule has 0 unspecified atom stereocenters. The van der Waals surface area contributed by atoms with Gasteiger partial charge in [0.25, 0.3) is 5.91 Å². The molecular formula is C16H17N3O4. The van der Waals surface area contributed by atoms with Crippen molar-refractivity contribution in [3.63, 3.8) is 0 Å². The first-order valence-electron chi connectivity index (χ1n) is 7.31. The van der Waals surface area contributed by atoms with Gasteiger partial charge in [-0.25, -0.2) is 0 Å². The predicted octanol–water partition coefficient (Wildman–Crippen LogP) is 1.77. The molecule has 0 aliphatic heterocycles. The highest BCUT2D eigenvalue weighted by molar-refractivity contribution is 5.95. The Kier molecular flexibility index (Phi) is 4.01. The second kappa shape index (κ2) is 6.12. The van der Waals surface area contributed by atoms with Crippen molar-refractivity contribution in [2.75, 3.05) is 13.7 Å². The van der Waals surface area contributed by atoms with Crippen molar-refractivity contribution < 1.29 is 19.4 Å². The largest absolute Gasteiger partial charge is 0.497 e. The first-order chi connectivity index (χ1) is 11.1. The maximum absolute atomic E-state index is 12.5. The predicted molar refractivity (Wildman–Crippen MR) is 82.3 cm³/mol. The zero-order valence-electron chi connectivity index (χ0n) is 12.7. The number of carboxylic acids is 1. The van der Waals surface area contributed by atoms with E-state index >= 15 is 0 Å². The summed E-state index contributed by atoms with van der Waals surface area (Å²) >= 11 is 0. The van der Waals surface area contributed by atoms with Crippen molar-refractivity contribution in [3.05, 3.63) is 36.0 Å². The molecule has 2 N–H and O–H groups in total. The molecule has 1 aliphatic carbocycles. The van der Waals surface area contributed by atoms with Crippen molar-refractivity contribution in [2.24, 2.45) is 0 Å². The highest BCUT2D eigenvalue weighted by Crippen LogP contribution is 2.28. The number of nitrogens with one attached hydrogen (secondary N) is 1. The van der Waals surface area contributed by atoms with E-state index in [1.54, 1.807) is 13.2 Å². The minimum absolute atomic E-state index is 0.0198. The summed E-state index contributed by atoms with van der Waals surface area (Å²) in [5.74, 6) is -0.607. The molecule has 23 heavy (non-hydrogen) atoms. The number of carbonyl (C=O) groups excluding carboxylic acids is 1. The Labute approximate surface area is 132 Å². The monoisotopic (exact) mass is 315 g/mol. The van der Waals surface area contributed by atoms with E-state index in [1.165, 1.54) is 4.90 Å². The number of carboxylic acid groups (broad SMARTS) is 1. The second-order valence-corrected chi connectivity index (χ2v) is 5.45. The van der Waals surface area contributed by atoms with Crippen LogP contribution in [0.5, 0.6) is 5.75 Å². The van der Waals surface area contributed by atoms with Crippen LogP contribution in [0.3, 0.4) is 0 Å². The van der Waals surface area contributed by atoms with Crippen LogP contribution in [0.25, 0.3) is 11.3 Å². The summed E-state index contributed by atoms with van der Waals surface area (Å²) in [6, 6.07) is 8.98. The number of carbonyl (C=O) groups is 2. The van der Waals surface area contributed by atoms with Crippen LogP contribution in [0, 0.1) is 0 Å². The minimum Gasteiger partial charge on any atom is -0.497 e. The minimum atomic E-state index is -1.01. The molecule has 1 aromatic heterocycles. The first-order valence-corrected chi connectivity index (χ1v) is 7.31. The second-order valence-electron chi connectivity index (χ2n) is 5.45. The van der Waals surface area contributed by atoms with Crippen molar-refractivity contribution >= 4 is 11.9 Å². The van der Waals surface area contributed by atoms with Gasteiger partial charge in [-0.05, 0) is 43.2 Å². The molecule has 3 rings (SSSR count). The molecule has 1 aliphatic rings. The van der Waals surface area contributed by atoms with Gasteiger partial charge in [0.1, 0.15) is 18.0 Å². The third-order valence-electron chi connectivity index (χ3n) is 3.75. The average Bonchev–Trinajstić information content (AvgIpc) is 3.28. The van der Waals surface area contributed by atoms with E-state index < -0.39 is 5.97 Å². The van der Waals surface area contributed by atoms with Gasteiger partial charge in [-0.15, -0.1) is 0 Å². The smallest absolute Gasteiger partial charge is 0.323 e. The summed E-state index contributed by atoms with van der Waals surface area (Å²) in [6.07, 6.45) is 1.69. The number of aliphatic carboxylic acids is 1. The lowest BCUT2D eigenvalue weighted by Gasteiger charge is -2.18. The Morgan fingerprint density at radius 2 is 2.04 bits per heavy atom. The van der Waals surface area contributed by atoms with E-state index in [1.807, 2.05) is 24.3 Å². The molecule has 0 atom stereocenters. The van der Waals surface area contributed by atoms with Crippen molar-refractivity contribution in [1.82, 2.24) is 15.1 Å². The average molecular weight is 315 g/mol. The van der Waals surface area contributed by atoms with E-state index in [0.717, 1.165) is 24.2 Å². The third kappa shape index (κ3) is 3.33. The SMILES string of the molecule is COc1ccc(-c2cc(C(=O)N(CC(=O)O)C3CC3)[nH]n2)cc1. The fourth-order valence-corrected chi connectivity index (χ4v) is 2.39. The number of hydrogen-bond acceptors (Lipinski definition) is 4. The number of methoxy groups -OCH3 is 1. The number of amides is 1. The van der Waals surface area contributed by atoms with Gasteiger partial charge in [-0.3, -0.25) is 14.7 Å². The summed E-state index contributed by atoms with van der Waals surface area (Å²) < 4.78 is 5.11. The van der Waals surface area contributed by atoms with Crippen LogP contribution >= 0.6 is 0 Å². The molecule has 120 valence electrons. The van der Waals surface area contributed by atoms with Crippen molar-refractivity contribution in [2.45, 2.75) is 18.9 Å². The third-order valence-corrected chi connectivity index (χ3v) is 3.75. The van der Waals surface area contributed by atoms with Gasteiger partial charge < -0.3 is 14.7 Å². The zero-order valence-corrected chi connectivity index (χ0v) is 12.7. The summed E-state index contributed by atoms with van der Waals surface area (Å²) in [4.78, 5) is 24.8. The van der Waals surface area contributed by atoms with E-state index in [0.29, 0.717) is 11.4 Å². The molecule has 1 amide bonds. The fraction of sp³-hybridized carbons (Fsp3) is 0.312. The number of benzene rings is 1. The number of ether oxygens (including phenoxy) is 1. The Bertz CT molecular complexity index is 719. The summed E-state index contributed by atoms with van der Waals surface area (Å²) in [6.45, 7) is -0.291. The first kappa shape index (κ1) is 15.1. The van der Waals surface area contributed by atoms with Crippen LogP contribution in [0.15, 0.2) is 30.3 Å². The Morgan fingerprint density at radius 1 is 1.35 bits per heavy atom. The number of hydrogen-bond donors (Lipinski definition) is 2. The number of rotatable bonds is 6. The molecule has 1 aromatic carbocycles. The highest BCUT2D eigenvalue weighted by Gasteiger charge is 2.35. The molecule has 1 heterocycles. The van der Waals surface area contributed by atoms with E-state index in [-0.39, 0.29) is 18.5 Å². The number of aromatic nitrogens is 2. The summed E-state index contributed by atoms with van der Waals surface area (Å²) in [7, 11) is 1.59. The lowest BCUT2D eigenvalue weighted by Crippen LogP contribution is -2.37. The lowest BCUT2D eigenvalue weighted by atomic mass is 10.1. The zero-order chi connectivity index (χ0) is 16.4. The summed E-state index contributed by atoms with van der Waals surface area (Å²) in [5, 5.41) is 15.8. The van der Waals surface area contributed by atoms with Gasteiger partial charge in [-0.1, -0.05) is 0 Å². The van der Waals surface area contributed by atoms with Crippen LogP contribution in [-0.4, -0.2) is 51.8 Å². The maximum Gasteiger partial charge on any atom is 0.323 e. The van der Waals surface area contributed by atoms with E-state index in [4.69, 9.17) is 9.84 Å². The van der Waals surface area contributed by atoms with Gasteiger partial charge in [0.15, 0.2) is 0 Å². The van der Waals surface area contributed by atoms with Crippen LogP contribution < -0.4 is 4.74 Å². The Morgan fingerprint density at radius 3 is 2.61 bits per heavy atom. The molecule has 7 heteroatoms. The van der Waals surface area contributed by atoms with E-state index in [2.05, 4.69) is 10.2 Å². The van der Waals surface area contributed by atoms with Gasteiger partial charge in [-0.2, -0.15) is 5.10 Å². The molecule has 0 spiro atoms. The normalized spacial score (nSPS) is 13.6. The number of H-pyrrole nitrogens is 1. The topological polar surface area (TPSA) is 95.5 Å². The molecule has 0 saturated heterocycles. The van der Waals surface area contributed by atoms with Gasteiger partial charge in [0.05, 0.1) is 12.8 Å². The van der Waals surface area contributed by atoms with Crippen LogP contribution in [0.4, 0.5) is 0 Å². The number of aromatic amines is 1. The lowest BCUT2D eigenvalue weighted by molar-refractivity contribution is -0.137. The van der Waals surface area contributed by atoms with Crippen molar-refractivity contribution in [1.29, 1.82) is 0 Å². The van der Waals surface area contributed by atoms with Gasteiger partial charge >= 0.3 is 5.97 Å². The molecule has 0 radical (unpaired) electrons. The molecule has 1 saturated carbocycles. The van der Waals surface area contributed by atoms with Crippen LogP contribution in [0.2, 0.25) is 0 Å². The van der Waals surface area contributed by atoms with Crippen LogP contribution in [0.1, 0.15) is 23.3 Å². The Hall–Kier alpha value is -2.83. The van der Waals surface area contributed by atoms with Gasteiger partial charge in [0.2, 0.25) is 0 Å². The van der Waals surface area contributed by atoms with Crippen molar-refractivity contribution in [3.8, 4) is 17.0 Å². The molecule has 1 fully saturated rings. The van der Waals surface area contributed by atoms with Gasteiger partial charge in [0, 0.05) is 11.6 Å². The molecule has 2 aromatic rings. The quantitative estimate of drug-likeness (QED) is 0.847. The Balaban J connectivity index is 1.79. The summed E-state index contributed by atoms with van der Waals surface area (Å²) in [5.41, 5.74) is 1.77. The molecule has 0 bridgehead atoms. The maximum atomic E-state index is 12.5. The fourth-order valence-electron chi connectivity index (χ4n) is 2.39. The van der Waals surface area contributed by atoms with Crippen LogP contribution in [-0.2, 0) is 4.79 Å². The molecular weight excluding hydrogens is 298 g/mol. The highest BCUT2D eigenvalue weighted by atomic mass is 16.5.